The van der Waals surface area contributed by atoms with Crippen molar-refractivity contribution in [2.45, 2.75) is 39.7 Å². The average Bonchev–Trinajstić information content (AvgIpc) is 2.23. The van der Waals surface area contributed by atoms with Gasteiger partial charge in [0.25, 0.3) is 0 Å². The molecule has 0 saturated heterocycles. The van der Waals surface area contributed by atoms with Crippen LogP contribution in [-0.4, -0.2) is 11.8 Å². The summed E-state index contributed by atoms with van der Waals surface area (Å²) in [5.74, 6) is 0.0833. The Morgan fingerprint density at radius 2 is 1.88 bits per heavy atom. The Morgan fingerprint density at radius 3 is 2.35 bits per heavy atom. The molecule has 0 bridgehead atoms. The van der Waals surface area contributed by atoms with Crippen molar-refractivity contribution >= 4 is 5.78 Å². The van der Waals surface area contributed by atoms with E-state index >= 15 is 0 Å². The van der Waals surface area contributed by atoms with E-state index in [2.05, 4.69) is 25.6 Å². The van der Waals surface area contributed by atoms with Gasteiger partial charge in [-0.15, -0.1) is 6.58 Å². The Morgan fingerprint density at radius 1 is 1.35 bits per heavy atom. The van der Waals surface area contributed by atoms with Crippen molar-refractivity contribution in [2.75, 3.05) is 0 Å². The van der Waals surface area contributed by atoms with Gasteiger partial charge in [-0.05, 0) is 43.9 Å². The zero-order valence-corrected chi connectivity index (χ0v) is 10.9. The molecular weight excluding hydrogens is 210 g/mol. The van der Waals surface area contributed by atoms with E-state index in [1.165, 1.54) is 16.7 Å². The predicted molar refractivity (Wildman–Crippen MR) is 72.2 cm³/mol. The number of ketones is 1. The molecule has 2 N–H and O–H groups in total. The number of benzene rings is 1. The Labute approximate surface area is 104 Å². The summed E-state index contributed by atoms with van der Waals surface area (Å²) in [6.45, 7) is 9.76. The highest BCUT2D eigenvalue weighted by Gasteiger charge is 2.15. The van der Waals surface area contributed by atoms with Gasteiger partial charge in [0.15, 0.2) is 5.78 Å². The van der Waals surface area contributed by atoms with Gasteiger partial charge in [0.05, 0.1) is 6.04 Å². The van der Waals surface area contributed by atoms with Crippen LogP contribution in [0.2, 0.25) is 0 Å². The van der Waals surface area contributed by atoms with E-state index in [-0.39, 0.29) is 5.78 Å². The number of nitrogens with two attached hydrogens (primary N) is 1. The van der Waals surface area contributed by atoms with Crippen LogP contribution in [0.25, 0.3) is 0 Å². The van der Waals surface area contributed by atoms with Crippen LogP contribution in [-0.2, 0) is 11.2 Å². The lowest BCUT2D eigenvalue weighted by molar-refractivity contribution is -0.119. The maximum Gasteiger partial charge on any atom is 0.154 e. The summed E-state index contributed by atoms with van der Waals surface area (Å²) in [7, 11) is 0. The van der Waals surface area contributed by atoms with Gasteiger partial charge in [-0.1, -0.05) is 23.8 Å². The fourth-order valence-corrected chi connectivity index (χ4v) is 2.11. The molecule has 0 aromatic heterocycles. The third-order valence-electron chi connectivity index (χ3n) is 3.03. The van der Waals surface area contributed by atoms with E-state index in [0.29, 0.717) is 12.8 Å². The minimum absolute atomic E-state index is 0.0833. The molecule has 0 aliphatic rings. The number of carbonyl (C=O) groups is 1. The second-order valence-electron chi connectivity index (χ2n) is 4.65. The number of hydrogen-bond acceptors (Lipinski definition) is 2. The van der Waals surface area contributed by atoms with Crippen LogP contribution in [0.4, 0.5) is 0 Å². The molecule has 1 unspecified atom stereocenters. The molecular formula is C15H21NO. The molecule has 0 radical (unpaired) electrons. The van der Waals surface area contributed by atoms with E-state index < -0.39 is 6.04 Å². The van der Waals surface area contributed by atoms with E-state index in [1.54, 1.807) is 6.08 Å². The molecule has 17 heavy (non-hydrogen) atoms. The second kappa shape index (κ2) is 5.78. The Hall–Kier alpha value is -1.41. The van der Waals surface area contributed by atoms with E-state index in [1.807, 2.05) is 13.8 Å². The quantitative estimate of drug-likeness (QED) is 0.792. The topological polar surface area (TPSA) is 43.1 Å². The first kappa shape index (κ1) is 13.7. The predicted octanol–water partition coefficient (Wildman–Crippen LogP) is 2.63. The van der Waals surface area contributed by atoms with E-state index in [0.717, 1.165) is 5.56 Å². The molecule has 0 fully saturated rings. The van der Waals surface area contributed by atoms with Crippen LogP contribution in [0, 0.1) is 20.8 Å². The SMILES string of the molecule is C=CCC(N)C(=O)Cc1c(C)cc(C)cc1C. The monoisotopic (exact) mass is 231 g/mol. The van der Waals surface area contributed by atoms with E-state index in [9.17, 15) is 4.79 Å². The number of rotatable bonds is 5. The first-order valence-electron chi connectivity index (χ1n) is 5.91. The number of hydrogen-bond donors (Lipinski definition) is 1. The zero-order chi connectivity index (χ0) is 13.0. The number of Topliss-reactive ketones (excluding diaryl/α,β-unsaturated/α-hetero) is 1. The van der Waals surface area contributed by atoms with Gasteiger partial charge in [0.1, 0.15) is 0 Å². The van der Waals surface area contributed by atoms with Crippen LogP contribution in [0.15, 0.2) is 24.8 Å². The van der Waals surface area contributed by atoms with Gasteiger partial charge in [0.2, 0.25) is 0 Å². The molecule has 0 aliphatic heterocycles. The third-order valence-corrected chi connectivity index (χ3v) is 3.03. The number of aryl methyl sites for hydroxylation is 3. The normalized spacial score (nSPS) is 12.2. The smallest absolute Gasteiger partial charge is 0.154 e. The van der Waals surface area contributed by atoms with Crippen LogP contribution in [0.3, 0.4) is 0 Å². The summed E-state index contributed by atoms with van der Waals surface area (Å²) in [5, 5.41) is 0. The molecule has 0 amide bonds. The van der Waals surface area contributed by atoms with E-state index in [4.69, 9.17) is 5.73 Å². The molecule has 1 aromatic rings. The van der Waals surface area contributed by atoms with Gasteiger partial charge in [0, 0.05) is 6.42 Å². The molecule has 92 valence electrons. The zero-order valence-electron chi connectivity index (χ0n) is 10.9. The Bertz CT molecular complexity index is 412. The lowest BCUT2D eigenvalue weighted by Crippen LogP contribution is -2.31. The van der Waals surface area contributed by atoms with Crippen molar-refractivity contribution < 1.29 is 4.79 Å². The van der Waals surface area contributed by atoms with Crippen LogP contribution < -0.4 is 5.73 Å². The standard InChI is InChI=1S/C15H21NO/c1-5-6-14(16)15(17)9-13-11(3)7-10(2)8-12(13)4/h5,7-8,14H,1,6,9,16H2,2-4H3. The fraction of sp³-hybridized carbons (Fsp3) is 0.400. The fourth-order valence-electron chi connectivity index (χ4n) is 2.11. The Balaban J connectivity index is 2.88. The second-order valence-corrected chi connectivity index (χ2v) is 4.65. The maximum absolute atomic E-state index is 11.9. The molecule has 0 saturated carbocycles. The highest BCUT2D eigenvalue weighted by Crippen LogP contribution is 2.17. The van der Waals surface area contributed by atoms with Crippen molar-refractivity contribution in [3.05, 3.63) is 47.0 Å². The van der Waals surface area contributed by atoms with Crippen LogP contribution >= 0.6 is 0 Å². The average molecular weight is 231 g/mol. The summed E-state index contributed by atoms with van der Waals surface area (Å²) < 4.78 is 0. The molecule has 1 atom stereocenters. The van der Waals surface area contributed by atoms with Gasteiger partial charge in [-0.25, -0.2) is 0 Å². The van der Waals surface area contributed by atoms with Gasteiger partial charge in [-0.3, -0.25) is 4.79 Å². The lowest BCUT2D eigenvalue weighted by Gasteiger charge is -2.13. The molecule has 0 aliphatic carbocycles. The maximum atomic E-state index is 11.9. The van der Waals surface area contributed by atoms with Crippen LogP contribution in [0.5, 0.6) is 0 Å². The van der Waals surface area contributed by atoms with Crippen LogP contribution in [0.1, 0.15) is 28.7 Å². The highest BCUT2D eigenvalue weighted by atomic mass is 16.1. The summed E-state index contributed by atoms with van der Waals surface area (Å²) in [4.78, 5) is 11.9. The Kier molecular flexibility index (Phi) is 4.64. The summed E-state index contributed by atoms with van der Waals surface area (Å²) in [6.07, 6.45) is 2.66. The van der Waals surface area contributed by atoms with Crippen molar-refractivity contribution in [1.82, 2.24) is 0 Å². The first-order valence-corrected chi connectivity index (χ1v) is 5.91. The summed E-state index contributed by atoms with van der Waals surface area (Å²) >= 11 is 0. The van der Waals surface area contributed by atoms with Crippen molar-refractivity contribution in [2.24, 2.45) is 5.73 Å². The molecule has 0 heterocycles. The van der Waals surface area contributed by atoms with Gasteiger partial charge < -0.3 is 5.73 Å². The molecule has 1 rings (SSSR count). The third kappa shape index (κ3) is 3.53. The molecule has 2 heteroatoms. The van der Waals surface area contributed by atoms with Crippen molar-refractivity contribution in [3.63, 3.8) is 0 Å². The summed E-state index contributed by atoms with van der Waals surface area (Å²) in [5.41, 5.74) is 10.5. The first-order chi connectivity index (χ1) is 7.95. The minimum Gasteiger partial charge on any atom is -0.321 e. The highest BCUT2D eigenvalue weighted by molar-refractivity contribution is 5.86. The number of carbonyl (C=O) groups excluding carboxylic acids is 1. The van der Waals surface area contributed by atoms with Gasteiger partial charge >= 0.3 is 0 Å². The van der Waals surface area contributed by atoms with Gasteiger partial charge in [-0.2, -0.15) is 0 Å². The molecule has 0 spiro atoms. The molecule has 1 aromatic carbocycles. The summed E-state index contributed by atoms with van der Waals surface area (Å²) in [6, 6.07) is 3.79. The van der Waals surface area contributed by atoms with Crippen molar-refractivity contribution in [3.8, 4) is 0 Å². The molecule has 2 nitrogen and oxygen atoms in total. The largest absolute Gasteiger partial charge is 0.321 e. The lowest BCUT2D eigenvalue weighted by atomic mass is 9.93. The minimum atomic E-state index is -0.424. The van der Waals surface area contributed by atoms with Crippen molar-refractivity contribution in [1.29, 1.82) is 0 Å².